The van der Waals surface area contributed by atoms with Crippen molar-refractivity contribution in [3.8, 4) is 0 Å². The number of nitrogens with zero attached hydrogens (tertiary/aromatic N) is 3. The van der Waals surface area contributed by atoms with E-state index in [0.29, 0.717) is 12.5 Å². The first-order valence-electron chi connectivity index (χ1n) is 6.73. The van der Waals surface area contributed by atoms with Gasteiger partial charge < -0.3 is 10.6 Å². The van der Waals surface area contributed by atoms with Gasteiger partial charge in [-0.2, -0.15) is 0 Å². The van der Waals surface area contributed by atoms with Crippen LogP contribution in [0.3, 0.4) is 0 Å². The summed E-state index contributed by atoms with van der Waals surface area (Å²) >= 11 is 0. The van der Waals surface area contributed by atoms with Crippen LogP contribution in [0.25, 0.3) is 0 Å². The molecule has 0 radical (unpaired) electrons. The van der Waals surface area contributed by atoms with E-state index in [1.54, 1.807) is 12.1 Å². The molecule has 1 aromatic rings. The van der Waals surface area contributed by atoms with Gasteiger partial charge in [0, 0.05) is 39.4 Å². The molecule has 1 fully saturated rings. The highest BCUT2D eigenvalue weighted by Crippen LogP contribution is 2.28. The zero-order chi connectivity index (χ0) is 14.9. The van der Waals surface area contributed by atoms with Gasteiger partial charge in [0.05, 0.1) is 0 Å². The highest BCUT2D eigenvalue weighted by atomic mass is 32.2. The molecule has 0 saturated carbocycles. The molecule has 1 aliphatic rings. The second-order valence-electron chi connectivity index (χ2n) is 5.40. The first-order chi connectivity index (χ1) is 9.37. The lowest BCUT2D eigenvalue weighted by Crippen LogP contribution is -2.38. The van der Waals surface area contributed by atoms with Gasteiger partial charge in [-0.15, -0.1) is 0 Å². The van der Waals surface area contributed by atoms with Crippen molar-refractivity contribution in [2.24, 2.45) is 11.7 Å². The summed E-state index contributed by atoms with van der Waals surface area (Å²) < 4.78 is 25.2. The lowest BCUT2D eigenvalue weighted by atomic mass is 10.0. The van der Waals surface area contributed by atoms with Crippen molar-refractivity contribution >= 4 is 15.8 Å². The number of anilines is 1. The van der Waals surface area contributed by atoms with Crippen molar-refractivity contribution in [3.05, 3.63) is 18.3 Å². The Bertz CT molecular complexity index is 556. The topological polar surface area (TPSA) is 79.5 Å². The van der Waals surface area contributed by atoms with E-state index in [9.17, 15) is 8.42 Å². The molecule has 0 amide bonds. The van der Waals surface area contributed by atoms with Gasteiger partial charge in [-0.1, -0.05) is 6.92 Å². The average molecular weight is 298 g/mol. The van der Waals surface area contributed by atoms with Crippen molar-refractivity contribution < 1.29 is 8.42 Å². The molecule has 112 valence electrons. The lowest BCUT2D eigenvalue weighted by Gasteiger charge is -2.26. The largest absolute Gasteiger partial charge is 0.352 e. The Morgan fingerprint density at radius 1 is 1.45 bits per heavy atom. The number of sulfonamides is 1. The molecule has 6 nitrogen and oxygen atoms in total. The van der Waals surface area contributed by atoms with E-state index >= 15 is 0 Å². The molecule has 2 heterocycles. The third-order valence-electron chi connectivity index (χ3n) is 3.92. The van der Waals surface area contributed by atoms with Crippen LogP contribution >= 0.6 is 0 Å². The highest BCUT2D eigenvalue weighted by molar-refractivity contribution is 7.89. The number of hydrogen-bond donors (Lipinski definition) is 1. The summed E-state index contributed by atoms with van der Waals surface area (Å²) in [6, 6.07) is 3.64. The second kappa shape index (κ2) is 5.67. The van der Waals surface area contributed by atoms with E-state index < -0.39 is 10.0 Å². The maximum atomic E-state index is 12.0. The van der Waals surface area contributed by atoms with Gasteiger partial charge in [0.15, 0.2) is 0 Å². The number of nitrogens with two attached hydrogens (primary N) is 1. The molecular formula is C13H22N4O2S. The Hall–Kier alpha value is -1.18. The molecule has 20 heavy (non-hydrogen) atoms. The molecule has 0 spiro atoms. The number of pyridine rings is 1. The van der Waals surface area contributed by atoms with Crippen molar-refractivity contribution in [3.63, 3.8) is 0 Å². The Morgan fingerprint density at radius 3 is 2.65 bits per heavy atom. The smallest absolute Gasteiger partial charge is 0.244 e. The van der Waals surface area contributed by atoms with Crippen LogP contribution in [0, 0.1) is 5.92 Å². The van der Waals surface area contributed by atoms with Gasteiger partial charge in [0.2, 0.25) is 10.0 Å². The number of rotatable bonds is 4. The molecule has 2 atom stereocenters. The van der Waals surface area contributed by atoms with Gasteiger partial charge in [-0.25, -0.2) is 17.7 Å². The van der Waals surface area contributed by atoms with Crippen molar-refractivity contribution in [1.29, 1.82) is 0 Å². The molecule has 1 aromatic heterocycles. The molecule has 7 heteroatoms. The van der Waals surface area contributed by atoms with E-state index in [-0.39, 0.29) is 10.9 Å². The van der Waals surface area contributed by atoms with Crippen molar-refractivity contribution in [2.75, 3.05) is 32.1 Å². The van der Waals surface area contributed by atoms with Crippen LogP contribution < -0.4 is 10.6 Å². The summed E-state index contributed by atoms with van der Waals surface area (Å²) in [6.45, 7) is 3.68. The molecule has 0 aliphatic carbocycles. The maximum absolute atomic E-state index is 12.0. The van der Waals surface area contributed by atoms with E-state index in [4.69, 9.17) is 5.73 Å². The summed E-state index contributed by atoms with van der Waals surface area (Å²) in [5.41, 5.74) is 5.82. The maximum Gasteiger partial charge on any atom is 0.244 e. The van der Waals surface area contributed by atoms with Gasteiger partial charge in [-0.3, -0.25) is 0 Å². The van der Waals surface area contributed by atoms with Crippen LogP contribution in [0.15, 0.2) is 23.2 Å². The fraction of sp³-hybridized carbons (Fsp3) is 0.615. The van der Waals surface area contributed by atoms with Gasteiger partial charge >= 0.3 is 0 Å². The first kappa shape index (κ1) is 15.2. The van der Waals surface area contributed by atoms with Crippen LogP contribution in [-0.4, -0.2) is 50.9 Å². The van der Waals surface area contributed by atoms with E-state index in [1.807, 2.05) is 0 Å². The minimum Gasteiger partial charge on any atom is -0.352 e. The molecule has 2 rings (SSSR count). The summed E-state index contributed by atoms with van der Waals surface area (Å²) in [5.74, 6) is 1.33. The van der Waals surface area contributed by atoms with Crippen LogP contribution in [-0.2, 0) is 10.0 Å². The Morgan fingerprint density at radius 2 is 2.15 bits per heavy atom. The van der Waals surface area contributed by atoms with E-state index in [2.05, 4.69) is 16.8 Å². The van der Waals surface area contributed by atoms with Crippen molar-refractivity contribution in [2.45, 2.75) is 24.3 Å². The predicted molar refractivity (Wildman–Crippen MR) is 79.1 cm³/mol. The Labute approximate surface area is 120 Å². The fourth-order valence-electron chi connectivity index (χ4n) is 2.56. The van der Waals surface area contributed by atoms with Crippen molar-refractivity contribution in [1.82, 2.24) is 9.29 Å². The number of aromatic nitrogens is 1. The van der Waals surface area contributed by atoms with Crippen LogP contribution in [0.4, 0.5) is 5.82 Å². The quantitative estimate of drug-likeness (QED) is 0.876. The molecule has 2 unspecified atom stereocenters. The van der Waals surface area contributed by atoms with Gasteiger partial charge in [-0.05, 0) is 24.5 Å². The normalized spacial score (nSPS) is 23.6. The van der Waals surface area contributed by atoms with Crippen LogP contribution in [0.1, 0.15) is 13.3 Å². The van der Waals surface area contributed by atoms with E-state index in [0.717, 1.165) is 18.8 Å². The second-order valence-corrected chi connectivity index (χ2v) is 7.55. The Kier molecular flexibility index (Phi) is 4.31. The summed E-state index contributed by atoms with van der Waals surface area (Å²) in [5, 5.41) is 0. The molecule has 2 N–H and O–H groups in total. The molecular weight excluding hydrogens is 276 g/mol. The van der Waals surface area contributed by atoms with Gasteiger partial charge in [0.1, 0.15) is 10.7 Å². The summed E-state index contributed by atoms with van der Waals surface area (Å²) in [4.78, 5) is 6.68. The standard InChI is InChI=1S/C13H22N4O2S/c1-10-6-7-17(12(10)8-14)13-5-4-11(9-15-13)20(18,19)16(2)3/h4-5,9-10,12H,6-8,14H2,1-3H3. The fourth-order valence-corrected chi connectivity index (χ4v) is 3.41. The third kappa shape index (κ3) is 2.65. The third-order valence-corrected chi connectivity index (χ3v) is 5.72. The zero-order valence-corrected chi connectivity index (χ0v) is 13.0. The first-order valence-corrected chi connectivity index (χ1v) is 8.17. The van der Waals surface area contributed by atoms with Crippen LogP contribution in [0.2, 0.25) is 0 Å². The number of hydrogen-bond acceptors (Lipinski definition) is 5. The van der Waals surface area contributed by atoms with E-state index in [1.165, 1.54) is 24.6 Å². The molecule has 0 aromatic carbocycles. The minimum atomic E-state index is -3.42. The summed E-state index contributed by atoms with van der Waals surface area (Å²) in [7, 11) is -0.400. The zero-order valence-electron chi connectivity index (χ0n) is 12.2. The monoisotopic (exact) mass is 298 g/mol. The average Bonchev–Trinajstić information content (AvgIpc) is 2.79. The lowest BCUT2D eigenvalue weighted by molar-refractivity contribution is 0.516. The molecule has 1 aliphatic heterocycles. The van der Waals surface area contributed by atoms with Gasteiger partial charge in [0.25, 0.3) is 0 Å². The Balaban J connectivity index is 2.25. The molecule has 1 saturated heterocycles. The highest BCUT2D eigenvalue weighted by Gasteiger charge is 2.31. The predicted octanol–water partition coefficient (Wildman–Crippen LogP) is 0.505. The SMILES string of the molecule is CC1CCN(c2ccc(S(=O)(=O)N(C)C)cn2)C1CN. The minimum absolute atomic E-state index is 0.211. The van der Waals surface area contributed by atoms with Crippen LogP contribution in [0.5, 0.6) is 0 Å². The molecule has 0 bridgehead atoms. The summed E-state index contributed by atoms with van der Waals surface area (Å²) in [6.07, 6.45) is 2.50.